The van der Waals surface area contributed by atoms with Crippen LogP contribution in [0.4, 0.5) is 8.78 Å². The van der Waals surface area contributed by atoms with Gasteiger partial charge < -0.3 is 14.3 Å². The van der Waals surface area contributed by atoms with E-state index in [0.29, 0.717) is 17.1 Å². The minimum atomic E-state index is -0.574. The number of hydrogen-bond acceptors (Lipinski definition) is 5. The summed E-state index contributed by atoms with van der Waals surface area (Å²) in [4.78, 5) is 28.8. The van der Waals surface area contributed by atoms with Crippen LogP contribution in [0.2, 0.25) is 0 Å². The molecule has 1 fully saturated rings. The Morgan fingerprint density at radius 1 is 1.06 bits per heavy atom. The van der Waals surface area contributed by atoms with Crippen LogP contribution in [0.1, 0.15) is 43.2 Å². The van der Waals surface area contributed by atoms with Crippen molar-refractivity contribution in [1.29, 1.82) is 0 Å². The van der Waals surface area contributed by atoms with Crippen molar-refractivity contribution in [3.8, 4) is 11.5 Å². The maximum Gasteiger partial charge on any atom is 0.335 e. The van der Waals surface area contributed by atoms with Gasteiger partial charge in [-0.25, -0.2) is 13.6 Å². The molecule has 0 aliphatic heterocycles. The van der Waals surface area contributed by atoms with Crippen LogP contribution < -0.4 is 15.0 Å². The second-order valence-electron chi connectivity index (χ2n) is 7.49. The van der Waals surface area contributed by atoms with E-state index in [4.69, 9.17) is 14.3 Å². The summed E-state index contributed by atoms with van der Waals surface area (Å²) in [5.74, 6) is -1.59. The Morgan fingerprint density at radius 2 is 1.84 bits per heavy atom. The van der Waals surface area contributed by atoms with E-state index in [1.165, 1.54) is 19.3 Å². The molecule has 1 amide bonds. The van der Waals surface area contributed by atoms with Gasteiger partial charge in [-0.2, -0.15) is 5.48 Å². The van der Waals surface area contributed by atoms with Gasteiger partial charge >= 0.3 is 5.97 Å². The zero-order chi connectivity index (χ0) is 22.9. The van der Waals surface area contributed by atoms with E-state index in [9.17, 15) is 18.4 Å². The van der Waals surface area contributed by atoms with Gasteiger partial charge in [0.05, 0.1) is 13.0 Å². The van der Waals surface area contributed by atoms with Crippen molar-refractivity contribution in [1.82, 2.24) is 5.48 Å². The highest BCUT2D eigenvalue weighted by atomic mass is 19.1. The van der Waals surface area contributed by atoms with Crippen molar-refractivity contribution >= 4 is 18.0 Å². The second-order valence-corrected chi connectivity index (χ2v) is 7.49. The van der Waals surface area contributed by atoms with Gasteiger partial charge in [-0.3, -0.25) is 4.79 Å². The van der Waals surface area contributed by atoms with Crippen molar-refractivity contribution in [2.24, 2.45) is 5.92 Å². The Bertz CT molecular complexity index is 986. The van der Waals surface area contributed by atoms with Crippen molar-refractivity contribution < 1.29 is 32.7 Å². The van der Waals surface area contributed by atoms with Gasteiger partial charge in [-0.1, -0.05) is 25.3 Å². The topological polar surface area (TPSA) is 73.9 Å². The lowest BCUT2D eigenvalue weighted by molar-refractivity contribution is -0.161. The minimum Gasteiger partial charge on any atom is -0.493 e. The van der Waals surface area contributed by atoms with Gasteiger partial charge in [-0.05, 0) is 54.8 Å². The Kier molecular flexibility index (Phi) is 8.19. The molecule has 0 spiro atoms. The quantitative estimate of drug-likeness (QED) is 0.493. The van der Waals surface area contributed by atoms with Crippen LogP contribution in [0.15, 0.2) is 42.5 Å². The monoisotopic (exact) mass is 445 g/mol. The Morgan fingerprint density at radius 3 is 2.59 bits per heavy atom. The van der Waals surface area contributed by atoms with Crippen molar-refractivity contribution in [2.75, 3.05) is 7.11 Å². The summed E-state index contributed by atoms with van der Waals surface area (Å²) in [5, 5.41) is 0. The first kappa shape index (κ1) is 23.2. The number of carbonyl (C=O) groups excluding carboxylic acids is 2. The lowest BCUT2D eigenvalue weighted by Crippen LogP contribution is -2.30. The maximum atomic E-state index is 13.8. The van der Waals surface area contributed by atoms with Gasteiger partial charge in [0.15, 0.2) is 11.5 Å². The molecule has 0 saturated heterocycles. The number of carbonyl (C=O) groups is 2. The fourth-order valence-corrected chi connectivity index (χ4v) is 3.44. The highest BCUT2D eigenvalue weighted by Gasteiger charge is 2.23. The number of nitrogens with one attached hydrogen (secondary N) is 1. The lowest BCUT2D eigenvalue weighted by atomic mass is 9.89. The fraction of sp³-hybridized carbons (Fsp3) is 0.333. The molecule has 32 heavy (non-hydrogen) atoms. The van der Waals surface area contributed by atoms with Crippen molar-refractivity contribution in [2.45, 2.75) is 38.7 Å². The van der Waals surface area contributed by atoms with Crippen molar-refractivity contribution in [3.05, 3.63) is 65.2 Å². The average Bonchev–Trinajstić information content (AvgIpc) is 2.82. The molecule has 3 rings (SSSR count). The van der Waals surface area contributed by atoms with Crippen LogP contribution in [-0.2, 0) is 21.0 Å². The van der Waals surface area contributed by atoms with E-state index < -0.39 is 23.5 Å². The predicted molar refractivity (Wildman–Crippen MR) is 114 cm³/mol. The molecular weight excluding hydrogens is 420 g/mol. The minimum absolute atomic E-state index is 0.0791. The maximum absolute atomic E-state index is 13.8. The number of methoxy groups -OCH3 is 1. The summed E-state index contributed by atoms with van der Waals surface area (Å²) in [7, 11) is 1.44. The van der Waals surface area contributed by atoms with Crippen LogP contribution in [0.3, 0.4) is 0 Å². The largest absolute Gasteiger partial charge is 0.493 e. The molecule has 0 radical (unpaired) electrons. The molecule has 1 aliphatic carbocycles. The van der Waals surface area contributed by atoms with E-state index >= 15 is 0 Å². The van der Waals surface area contributed by atoms with Gasteiger partial charge in [-0.15, -0.1) is 0 Å². The summed E-state index contributed by atoms with van der Waals surface area (Å²) in [5.41, 5.74) is 2.84. The Labute approximate surface area is 185 Å². The Hall–Kier alpha value is -3.42. The molecule has 1 saturated carbocycles. The highest BCUT2D eigenvalue weighted by molar-refractivity contribution is 5.92. The third-order valence-corrected chi connectivity index (χ3v) is 5.20. The normalized spacial score (nSPS) is 14.2. The van der Waals surface area contributed by atoms with E-state index in [1.807, 2.05) is 0 Å². The summed E-state index contributed by atoms with van der Waals surface area (Å²) in [6.07, 6.45) is 7.41. The third-order valence-electron chi connectivity index (χ3n) is 5.20. The van der Waals surface area contributed by atoms with Crippen LogP contribution in [0, 0.1) is 17.6 Å². The van der Waals surface area contributed by atoms with E-state index in [1.54, 1.807) is 18.2 Å². The van der Waals surface area contributed by atoms with Gasteiger partial charge in [0, 0.05) is 11.6 Å². The third kappa shape index (κ3) is 6.54. The van der Waals surface area contributed by atoms with Crippen LogP contribution in [0.5, 0.6) is 11.5 Å². The molecule has 0 heterocycles. The first-order valence-corrected chi connectivity index (χ1v) is 10.4. The first-order chi connectivity index (χ1) is 15.5. The first-order valence-electron chi connectivity index (χ1n) is 10.4. The van der Waals surface area contributed by atoms with E-state index in [-0.39, 0.29) is 18.1 Å². The molecule has 2 aromatic rings. The smallest absolute Gasteiger partial charge is 0.335 e. The highest BCUT2D eigenvalue weighted by Crippen LogP contribution is 2.29. The second kappa shape index (κ2) is 11.3. The number of amides is 1. The number of halogens is 2. The molecule has 1 aliphatic rings. The van der Waals surface area contributed by atoms with E-state index in [2.05, 4.69) is 5.48 Å². The summed E-state index contributed by atoms with van der Waals surface area (Å²) < 4.78 is 37.9. The zero-order valence-corrected chi connectivity index (χ0v) is 17.7. The number of hydroxylamine groups is 1. The summed E-state index contributed by atoms with van der Waals surface area (Å²) in [6.45, 7) is -0.177. The zero-order valence-electron chi connectivity index (χ0n) is 17.7. The lowest BCUT2D eigenvalue weighted by Gasteiger charge is -2.19. The molecule has 0 atom stereocenters. The number of ether oxygens (including phenoxy) is 2. The van der Waals surface area contributed by atoms with Gasteiger partial charge in [0.1, 0.15) is 18.2 Å². The predicted octanol–water partition coefficient (Wildman–Crippen LogP) is 4.72. The van der Waals surface area contributed by atoms with E-state index in [0.717, 1.165) is 50.3 Å². The van der Waals surface area contributed by atoms with Crippen molar-refractivity contribution in [3.63, 3.8) is 0 Å². The Balaban J connectivity index is 1.55. The van der Waals surface area contributed by atoms with Crippen LogP contribution in [0.25, 0.3) is 6.08 Å². The molecular formula is C24H25F2NO5. The number of benzene rings is 2. The molecule has 0 unspecified atom stereocenters. The molecule has 2 aromatic carbocycles. The average molecular weight is 445 g/mol. The molecule has 0 aromatic heterocycles. The molecule has 0 bridgehead atoms. The van der Waals surface area contributed by atoms with Crippen LogP contribution in [-0.4, -0.2) is 19.0 Å². The van der Waals surface area contributed by atoms with Crippen LogP contribution >= 0.6 is 0 Å². The molecule has 170 valence electrons. The molecule has 1 N–H and O–H groups in total. The SMILES string of the molecule is COc1cc(C=CC(=O)NOC(=O)C2CCCCC2)ccc1OCc1cc(F)ccc1F. The standard InChI is InChI=1S/C24H25F2NO5/c1-30-22-13-16(7-11-21(22)31-15-18-14-19(25)9-10-20(18)26)8-12-23(28)27-32-24(29)17-5-3-2-4-6-17/h7-14,17H,2-6,15H2,1H3,(H,27,28). The molecule has 8 heteroatoms. The number of hydrogen-bond donors (Lipinski definition) is 1. The molecule has 6 nitrogen and oxygen atoms in total. The van der Waals surface area contributed by atoms with Gasteiger partial charge in [0.2, 0.25) is 0 Å². The van der Waals surface area contributed by atoms with Gasteiger partial charge in [0.25, 0.3) is 5.91 Å². The summed E-state index contributed by atoms with van der Waals surface area (Å²) >= 11 is 0. The fourth-order valence-electron chi connectivity index (χ4n) is 3.44. The number of rotatable bonds is 7. The summed E-state index contributed by atoms with van der Waals surface area (Å²) in [6, 6.07) is 8.02.